The molecule has 0 aromatic carbocycles. The van der Waals surface area contributed by atoms with Crippen molar-refractivity contribution in [3.05, 3.63) is 0 Å². The summed E-state index contributed by atoms with van der Waals surface area (Å²) < 4.78 is 22.7. The first kappa shape index (κ1) is 13.3. The minimum Gasteiger partial charge on any atom is -0.300 e. The average Bonchev–Trinajstić information content (AvgIpc) is 2.27. The molecule has 1 fully saturated rings. The van der Waals surface area contributed by atoms with E-state index in [2.05, 4.69) is 11.8 Å². The lowest BCUT2D eigenvalue weighted by Crippen LogP contribution is -2.40. The highest BCUT2D eigenvalue weighted by molar-refractivity contribution is 8.00. The summed E-state index contributed by atoms with van der Waals surface area (Å²) in [5.41, 5.74) is 0. The van der Waals surface area contributed by atoms with E-state index in [9.17, 15) is 8.42 Å². The number of sulfone groups is 1. The van der Waals surface area contributed by atoms with Crippen LogP contribution in [0.3, 0.4) is 0 Å². The Morgan fingerprint density at radius 2 is 2.13 bits per heavy atom. The maximum Gasteiger partial charge on any atom is 0.151 e. The van der Waals surface area contributed by atoms with Gasteiger partial charge in [0.15, 0.2) is 9.84 Å². The zero-order valence-electron chi connectivity index (χ0n) is 9.61. The minimum absolute atomic E-state index is 0.271. The van der Waals surface area contributed by atoms with E-state index in [1.807, 2.05) is 11.8 Å². The Bertz CT molecular complexity index is 277. The summed E-state index contributed by atoms with van der Waals surface area (Å²) in [6, 6.07) is 0. The van der Waals surface area contributed by atoms with Crippen LogP contribution in [0, 0.1) is 0 Å². The molecule has 5 heteroatoms. The highest BCUT2D eigenvalue weighted by Crippen LogP contribution is 2.20. The van der Waals surface area contributed by atoms with E-state index in [0.717, 1.165) is 18.8 Å². The van der Waals surface area contributed by atoms with Gasteiger partial charge in [0.2, 0.25) is 0 Å². The topological polar surface area (TPSA) is 37.4 Å². The molecule has 1 atom stereocenters. The van der Waals surface area contributed by atoms with E-state index in [1.165, 1.54) is 6.42 Å². The molecule has 1 rings (SSSR count). The molecule has 90 valence electrons. The van der Waals surface area contributed by atoms with Gasteiger partial charge in [-0.05, 0) is 6.42 Å². The van der Waals surface area contributed by atoms with Gasteiger partial charge in [-0.1, -0.05) is 13.8 Å². The first-order valence-electron chi connectivity index (χ1n) is 5.61. The van der Waals surface area contributed by atoms with Crippen LogP contribution in [0.2, 0.25) is 0 Å². The Hall–Kier alpha value is 0.260. The zero-order chi connectivity index (χ0) is 11.3. The highest BCUT2D eigenvalue weighted by Gasteiger charge is 2.20. The molecule has 0 N–H and O–H groups in total. The molecule has 1 unspecified atom stereocenters. The molecule has 15 heavy (non-hydrogen) atoms. The molecule has 0 spiro atoms. The highest BCUT2D eigenvalue weighted by atomic mass is 32.2. The normalized spacial score (nSPS) is 24.3. The Kier molecular flexibility index (Phi) is 5.43. The van der Waals surface area contributed by atoms with Gasteiger partial charge in [-0.15, -0.1) is 0 Å². The molecule has 1 heterocycles. The molecule has 0 aromatic rings. The number of thioether (sulfide) groups is 1. The van der Waals surface area contributed by atoms with Crippen molar-refractivity contribution >= 4 is 21.6 Å². The van der Waals surface area contributed by atoms with E-state index in [4.69, 9.17) is 0 Å². The van der Waals surface area contributed by atoms with Crippen LogP contribution in [0.25, 0.3) is 0 Å². The Morgan fingerprint density at radius 1 is 1.40 bits per heavy atom. The summed E-state index contributed by atoms with van der Waals surface area (Å²) in [4.78, 5) is 2.29. The summed E-state index contributed by atoms with van der Waals surface area (Å²) in [7, 11) is -2.79. The molecule has 1 aliphatic heterocycles. The third-order valence-corrected chi connectivity index (χ3v) is 5.89. The summed E-state index contributed by atoms with van der Waals surface area (Å²) in [6.07, 6.45) is 1.18. The molecule has 0 radical (unpaired) electrons. The number of hydrogen-bond donors (Lipinski definition) is 0. The molecule has 3 nitrogen and oxygen atoms in total. The molecular formula is C10H21NO2S2. The van der Waals surface area contributed by atoms with Crippen LogP contribution in [-0.4, -0.2) is 55.5 Å². The SMILES string of the molecule is CCC1CN(CCS(=O)(=O)CC)CCS1. The molecule has 0 saturated carbocycles. The smallest absolute Gasteiger partial charge is 0.151 e. The zero-order valence-corrected chi connectivity index (χ0v) is 11.2. The second-order valence-electron chi connectivity index (χ2n) is 3.94. The second kappa shape index (κ2) is 6.11. The fourth-order valence-electron chi connectivity index (χ4n) is 1.64. The van der Waals surface area contributed by atoms with Gasteiger partial charge in [-0.3, -0.25) is 0 Å². The van der Waals surface area contributed by atoms with Gasteiger partial charge >= 0.3 is 0 Å². The van der Waals surface area contributed by atoms with Crippen LogP contribution in [0.5, 0.6) is 0 Å². The predicted octanol–water partition coefficient (Wildman–Crippen LogP) is 1.25. The molecule has 0 aromatic heterocycles. The van der Waals surface area contributed by atoms with Crippen LogP contribution >= 0.6 is 11.8 Å². The first-order chi connectivity index (χ1) is 7.07. The molecular weight excluding hydrogens is 230 g/mol. The maximum absolute atomic E-state index is 11.4. The fourth-order valence-corrected chi connectivity index (χ4v) is 3.72. The van der Waals surface area contributed by atoms with Crippen molar-refractivity contribution in [1.82, 2.24) is 4.90 Å². The second-order valence-corrected chi connectivity index (χ2v) is 7.82. The third-order valence-electron chi connectivity index (χ3n) is 2.84. The molecule has 0 aliphatic carbocycles. The van der Waals surface area contributed by atoms with Gasteiger partial charge in [-0.25, -0.2) is 8.42 Å². The van der Waals surface area contributed by atoms with E-state index >= 15 is 0 Å². The monoisotopic (exact) mass is 251 g/mol. The Morgan fingerprint density at radius 3 is 2.73 bits per heavy atom. The van der Waals surface area contributed by atoms with Crippen molar-refractivity contribution < 1.29 is 8.42 Å². The Labute approximate surface area is 97.5 Å². The number of rotatable bonds is 5. The van der Waals surface area contributed by atoms with Crippen LogP contribution in [0.4, 0.5) is 0 Å². The summed E-state index contributed by atoms with van der Waals surface area (Å²) in [5, 5.41) is 0.697. The van der Waals surface area contributed by atoms with Crippen molar-refractivity contribution in [3.63, 3.8) is 0 Å². The lowest BCUT2D eigenvalue weighted by Gasteiger charge is -2.31. The van der Waals surface area contributed by atoms with Crippen molar-refractivity contribution in [2.24, 2.45) is 0 Å². The van der Waals surface area contributed by atoms with Gasteiger partial charge in [0.05, 0.1) is 5.75 Å². The first-order valence-corrected chi connectivity index (χ1v) is 8.48. The van der Waals surface area contributed by atoms with E-state index in [1.54, 1.807) is 6.92 Å². The summed E-state index contributed by atoms with van der Waals surface area (Å²) in [6.45, 7) is 6.73. The van der Waals surface area contributed by atoms with E-state index in [0.29, 0.717) is 17.5 Å². The van der Waals surface area contributed by atoms with Gasteiger partial charge in [0, 0.05) is 36.4 Å². The summed E-state index contributed by atoms with van der Waals surface area (Å²) >= 11 is 2.01. The van der Waals surface area contributed by atoms with Crippen molar-refractivity contribution in [1.29, 1.82) is 0 Å². The maximum atomic E-state index is 11.4. The largest absolute Gasteiger partial charge is 0.300 e. The number of hydrogen-bond acceptors (Lipinski definition) is 4. The quantitative estimate of drug-likeness (QED) is 0.737. The van der Waals surface area contributed by atoms with E-state index in [-0.39, 0.29) is 5.75 Å². The van der Waals surface area contributed by atoms with E-state index < -0.39 is 9.84 Å². The third kappa shape index (κ3) is 4.74. The predicted molar refractivity (Wildman–Crippen MR) is 67.3 cm³/mol. The lowest BCUT2D eigenvalue weighted by molar-refractivity contribution is 0.297. The molecule has 0 amide bonds. The van der Waals surface area contributed by atoms with Crippen LogP contribution < -0.4 is 0 Å². The van der Waals surface area contributed by atoms with Gasteiger partial charge in [-0.2, -0.15) is 11.8 Å². The summed E-state index contributed by atoms with van der Waals surface area (Å²) in [5.74, 6) is 1.74. The van der Waals surface area contributed by atoms with Gasteiger partial charge < -0.3 is 4.90 Å². The van der Waals surface area contributed by atoms with Crippen molar-refractivity contribution in [2.45, 2.75) is 25.5 Å². The van der Waals surface area contributed by atoms with Crippen molar-refractivity contribution in [2.75, 3.05) is 36.9 Å². The minimum atomic E-state index is -2.79. The fraction of sp³-hybridized carbons (Fsp3) is 1.00. The molecule has 1 aliphatic rings. The lowest BCUT2D eigenvalue weighted by atomic mass is 10.3. The van der Waals surface area contributed by atoms with Crippen molar-refractivity contribution in [3.8, 4) is 0 Å². The molecule has 1 saturated heterocycles. The standard InChI is InChI=1S/C10H21NO2S2/c1-3-10-9-11(5-7-14-10)6-8-15(12,13)4-2/h10H,3-9H2,1-2H3. The Balaban J connectivity index is 2.33. The number of nitrogens with zero attached hydrogens (tertiary/aromatic N) is 1. The van der Waals surface area contributed by atoms with Gasteiger partial charge in [0.1, 0.15) is 0 Å². The van der Waals surface area contributed by atoms with Crippen LogP contribution in [-0.2, 0) is 9.84 Å². The van der Waals surface area contributed by atoms with Gasteiger partial charge in [0.25, 0.3) is 0 Å². The van der Waals surface area contributed by atoms with Crippen LogP contribution in [0.15, 0.2) is 0 Å². The van der Waals surface area contributed by atoms with Crippen LogP contribution in [0.1, 0.15) is 20.3 Å². The molecule has 0 bridgehead atoms. The average molecular weight is 251 g/mol.